The lowest BCUT2D eigenvalue weighted by atomic mass is 10.1. The third-order valence-corrected chi connectivity index (χ3v) is 3.48. The zero-order valence-electron chi connectivity index (χ0n) is 12.1. The molecule has 1 saturated heterocycles. The van der Waals surface area contributed by atoms with Crippen molar-refractivity contribution in [1.29, 1.82) is 0 Å². The number of halogens is 1. The molecule has 0 bridgehead atoms. The molecule has 1 fully saturated rings. The van der Waals surface area contributed by atoms with Gasteiger partial charge in [0.2, 0.25) is 0 Å². The molecule has 4 heteroatoms. The van der Waals surface area contributed by atoms with Crippen LogP contribution in [0.3, 0.4) is 0 Å². The number of nitrogens with one attached hydrogen (secondary N) is 1. The molecule has 0 aliphatic carbocycles. The van der Waals surface area contributed by atoms with E-state index in [2.05, 4.69) is 44.1 Å². The van der Waals surface area contributed by atoms with E-state index < -0.39 is 0 Å². The Hall–Kier alpha value is -0.670. The molecular weight excluding hydrogens is 248 g/mol. The van der Waals surface area contributed by atoms with Crippen molar-refractivity contribution in [2.75, 3.05) is 20.1 Å². The van der Waals surface area contributed by atoms with Gasteiger partial charge in [0.05, 0.1) is 11.1 Å². The van der Waals surface area contributed by atoms with E-state index in [1.165, 1.54) is 5.70 Å². The summed E-state index contributed by atoms with van der Waals surface area (Å²) in [4.78, 5) is 2.27. The Labute approximate surface area is 116 Å². The minimum absolute atomic E-state index is 0.0731. The summed E-state index contributed by atoms with van der Waals surface area (Å²) in [7, 11) is 2.10. The van der Waals surface area contributed by atoms with Crippen LogP contribution in [-0.2, 0) is 4.74 Å². The Morgan fingerprint density at radius 3 is 2.72 bits per heavy atom. The Morgan fingerprint density at radius 2 is 2.22 bits per heavy atom. The number of ether oxygens (including phenoxy) is 1. The maximum absolute atomic E-state index is 6.11. The highest BCUT2D eigenvalue weighted by Crippen LogP contribution is 2.25. The minimum Gasteiger partial charge on any atom is -0.486 e. The van der Waals surface area contributed by atoms with Gasteiger partial charge in [0, 0.05) is 18.8 Å². The molecule has 0 saturated carbocycles. The maximum atomic E-state index is 6.11. The fourth-order valence-electron chi connectivity index (χ4n) is 2.15. The van der Waals surface area contributed by atoms with Crippen molar-refractivity contribution in [2.45, 2.75) is 46.3 Å². The van der Waals surface area contributed by atoms with Gasteiger partial charge in [-0.15, -0.1) is 0 Å². The summed E-state index contributed by atoms with van der Waals surface area (Å²) in [6.45, 7) is 10.1. The molecule has 1 N–H and O–H groups in total. The van der Waals surface area contributed by atoms with E-state index in [0.717, 1.165) is 30.3 Å². The predicted molar refractivity (Wildman–Crippen MR) is 77.6 cm³/mol. The van der Waals surface area contributed by atoms with E-state index in [9.17, 15) is 0 Å². The van der Waals surface area contributed by atoms with Crippen molar-refractivity contribution in [3.05, 3.63) is 22.6 Å². The molecule has 104 valence electrons. The highest BCUT2D eigenvalue weighted by molar-refractivity contribution is 6.29. The van der Waals surface area contributed by atoms with E-state index in [1.54, 1.807) is 0 Å². The molecule has 0 radical (unpaired) electrons. The summed E-state index contributed by atoms with van der Waals surface area (Å²) in [5.74, 6) is 0.888. The molecule has 1 rings (SSSR count). The third kappa shape index (κ3) is 3.92. The summed E-state index contributed by atoms with van der Waals surface area (Å²) in [5, 5.41) is 4.11. The first-order valence-electron chi connectivity index (χ1n) is 6.67. The first kappa shape index (κ1) is 15.4. The summed E-state index contributed by atoms with van der Waals surface area (Å²) >= 11 is 6.11. The molecule has 1 aliphatic heterocycles. The number of likely N-dealkylation sites (N-methyl/N-ethyl adjacent to an activating group) is 1. The lowest BCUT2D eigenvalue weighted by molar-refractivity contribution is 0.0296. The van der Waals surface area contributed by atoms with Gasteiger partial charge in [-0.2, -0.15) is 0 Å². The molecule has 0 spiro atoms. The first-order valence-corrected chi connectivity index (χ1v) is 7.05. The zero-order chi connectivity index (χ0) is 13.7. The van der Waals surface area contributed by atoms with Crippen LogP contribution in [0.25, 0.3) is 0 Å². The first-order chi connectivity index (χ1) is 8.49. The van der Waals surface area contributed by atoms with E-state index in [-0.39, 0.29) is 12.1 Å². The molecule has 1 unspecified atom stereocenters. The maximum Gasteiger partial charge on any atom is 0.131 e. The number of nitrogens with zero attached hydrogens (tertiary/aromatic N) is 1. The van der Waals surface area contributed by atoms with Gasteiger partial charge in [0.15, 0.2) is 0 Å². The van der Waals surface area contributed by atoms with Crippen LogP contribution in [0.1, 0.15) is 34.1 Å². The second kappa shape index (κ2) is 7.05. The van der Waals surface area contributed by atoms with Gasteiger partial charge in [-0.1, -0.05) is 18.5 Å². The standard InChI is InChI=1S/C14H25ClN2O/c1-6-12(16-7-2)8-13-9-17(5)11(4)14(18-13)10(3)15/h8,11,13,16H,6-7,9H2,1-5H3/b12-8+,14-10-/t11?,13-/m0/s1. The molecule has 18 heavy (non-hydrogen) atoms. The third-order valence-electron chi connectivity index (χ3n) is 3.30. The number of allylic oxidation sites excluding steroid dienone is 2. The van der Waals surface area contributed by atoms with E-state index in [4.69, 9.17) is 16.3 Å². The summed E-state index contributed by atoms with van der Waals surface area (Å²) in [6, 6.07) is 0.247. The van der Waals surface area contributed by atoms with Crippen LogP contribution in [0.2, 0.25) is 0 Å². The second-order valence-electron chi connectivity index (χ2n) is 4.75. The summed E-state index contributed by atoms with van der Waals surface area (Å²) < 4.78 is 6.00. The number of rotatable bonds is 4. The van der Waals surface area contributed by atoms with Gasteiger partial charge in [-0.3, -0.25) is 4.90 Å². The molecule has 1 heterocycles. The molecular formula is C14H25ClN2O. The van der Waals surface area contributed by atoms with Gasteiger partial charge in [0.1, 0.15) is 11.9 Å². The molecule has 1 aliphatic rings. The summed E-state index contributed by atoms with van der Waals surface area (Å²) in [6.07, 6.45) is 3.24. The van der Waals surface area contributed by atoms with Crippen molar-refractivity contribution in [3.8, 4) is 0 Å². The Balaban J connectivity index is 2.83. The summed E-state index contributed by atoms with van der Waals surface area (Å²) in [5.41, 5.74) is 1.23. The largest absolute Gasteiger partial charge is 0.486 e. The second-order valence-corrected chi connectivity index (χ2v) is 5.31. The zero-order valence-corrected chi connectivity index (χ0v) is 12.8. The molecule has 0 amide bonds. The van der Waals surface area contributed by atoms with E-state index in [1.807, 2.05) is 6.92 Å². The van der Waals surface area contributed by atoms with Crippen LogP contribution >= 0.6 is 11.6 Å². The smallest absolute Gasteiger partial charge is 0.131 e. The molecule has 0 aromatic carbocycles. The highest BCUT2D eigenvalue weighted by Gasteiger charge is 2.28. The highest BCUT2D eigenvalue weighted by atomic mass is 35.5. The normalized spacial score (nSPS) is 28.9. The van der Waals surface area contributed by atoms with Crippen LogP contribution in [0, 0.1) is 0 Å². The van der Waals surface area contributed by atoms with E-state index in [0.29, 0.717) is 0 Å². The lowest BCUT2D eigenvalue weighted by Crippen LogP contribution is -2.44. The topological polar surface area (TPSA) is 24.5 Å². The predicted octanol–water partition coefficient (Wildman–Crippen LogP) is 3.08. The van der Waals surface area contributed by atoms with Crippen molar-refractivity contribution in [3.63, 3.8) is 0 Å². The van der Waals surface area contributed by atoms with Crippen molar-refractivity contribution in [2.24, 2.45) is 0 Å². The van der Waals surface area contributed by atoms with Crippen LogP contribution in [-0.4, -0.2) is 37.2 Å². The van der Waals surface area contributed by atoms with Crippen LogP contribution in [0.15, 0.2) is 22.6 Å². The van der Waals surface area contributed by atoms with Crippen molar-refractivity contribution < 1.29 is 4.74 Å². The van der Waals surface area contributed by atoms with Crippen molar-refractivity contribution in [1.82, 2.24) is 10.2 Å². The average Bonchev–Trinajstić information content (AvgIpc) is 2.32. The lowest BCUT2D eigenvalue weighted by Gasteiger charge is -2.37. The average molecular weight is 273 g/mol. The fraction of sp³-hybridized carbons (Fsp3) is 0.714. The quantitative estimate of drug-likeness (QED) is 0.851. The molecule has 0 aromatic heterocycles. The van der Waals surface area contributed by atoms with Gasteiger partial charge in [0.25, 0.3) is 0 Å². The van der Waals surface area contributed by atoms with E-state index >= 15 is 0 Å². The molecule has 0 aromatic rings. The van der Waals surface area contributed by atoms with Gasteiger partial charge in [-0.05, 0) is 40.3 Å². The van der Waals surface area contributed by atoms with Crippen LogP contribution in [0.5, 0.6) is 0 Å². The number of hydrogen-bond acceptors (Lipinski definition) is 3. The molecule has 2 atom stereocenters. The van der Waals surface area contributed by atoms with Crippen LogP contribution < -0.4 is 5.32 Å². The number of hydrogen-bond donors (Lipinski definition) is 1. The van der Waals surface area contributed by atoms with Gasteiger partial charge < -0.3 is 10.1 Å². The Morgan fingerprint density at radius 1 is 1.56 bits per heavy atom. The monoisotopic (exact) mass is 272 g/mol. The SMILES string of the molecule is CCN/C(=C/[C@H]1CN(C)C(C)/C(=C(\C)Cl)O1)CC. The minimum atomic E-state index is 0.0731. The van der Waals surface area contributed by atoms with Crippen molar-refractivity contribution >= 4 is 11.6 Å². The fourth-order valence-corrected chi connectivity index (χ4v) is 2.35. The van der Waals surface area contributed by atoms with Gasteiger partial charge in [-0.25, -0.2) is 0 Å². The molecule has 3 nitrogen and oxygen atoms in total. The Kier molecular flexibility index (Phi) is 6.03. The van der Waals surface area contributed by atoms with Gasteiger partial charge >= 0.3 is 0 Å². The van der Waals surface area contributed by atoms with Crippen LogP contribution in [0.4, 0.5) is 0 Å². The number of morpholine rings is 1. The Bertz CT molecular complexity index is 335.